The second-order valence-electron chi connectivity index (χ2n) is 5.87. The largest absolute Gasteiger partial charge is 0.353 e. The Morgan fingerprint density at radius 2 is 1.96 bits per heavy atom. The maximum Gasteiger partial charge on any atom is 0.243 e. The standard InChI is InChI=1S/C18H19FN2O2S2/c1-14-11-17(7-8-18(14)19)25(22,23)21(13-16-6-4-10-24-16)12-15-5-3-9-20(15)2/h3-11H,12-13H2,1-2H3. The van der Waals surface area contributed by atoms with Gasteiger partial charge >= 0.3 is 0 Å². The van der Waals surface area contributed by atoms with Crippen LogP contribution in [0.4, 0.5) is 4.39 Å². The summed E-state index contributed by atoms with van der Waals surface area (Å²) >= 11 is 1.51. The number of rotatable bonds is 6. The lowest BCUT2D eigenvalue weighted by atomic mass is 10.2. The first kappa shape index (κ1) is 17.8. The van der Waals surface area contributed by atoms with Crippen LogP contribution in [0, 0.1) is 12.7 Å². The Morgan fingerprint density at radius 3 is 2.56 bits per heavy atom. The third-order valence-electron chi connectivity index (χ3n) is 4.07. The maximum atomic E-state index is 13.5. The van der Waals surface area contributed by atoms with Gasteiger partial charge in [0, 0.05) is 30.4 Å². The highest BCUT2D eigenvalue weighted by molar-refractivity contribution is 7.89. The van der Waals surface area contributed by atoms with E-state index in [1.54, 1.807) is 6.92 Å². The van der Waals surface area contributed by atoms with Gasteiger partial charge in [0.25, 0.3) is 0 Å². The van der Waals surface area contributed by atoms with Crippen molar-refractivity contribution in [1.29, 1.82) is 0 Å². The number of halogens is 1. The van der Waals surface area contributed by atoms with Crippen LogP contribution in [0.3, 0.4) is 0 Å². The van der Waals surface area contributed by atoms with E-state index in [2.05, 4.69) is 0 Å². The Bertz CT molecular complexity index is 963. The van der Waals surface area contributed by atoms with E-state index in [1.165, 1.54) is 33.8 Å². The van der Waals surface area contributed by atoms with Crippen LogP contribution < -0.4 is 0 Å². The van der Waals surface area contributed by atoms with Gasteiger partial charge in [-0.1, -0.05) is 6.07 Å². The lowest BCUT2D eigenvalue weighted by Gasteiger charge is -2.22. The second kappa shape index (κ2) is 7.11. The molecule has 2 aromatic heterocycles. The minimum Gasteiger partial charge on any atom is -0.353 e. The Labute approximate surface area is 151 Å². The van der Waals surface area contributed by atoms with Gasteiger partial charge in [-0.3, -0.25) is 0 Å². The zero-order valence-corrected chi connectivity index (χ0v) is 15.6. The van der Waals surface area contributed by atoms with Crippen LogP contribution in [-0.2, 0) is 30.2 Å². The minimum absolute atomic E-state index is 0.108. The number of thiophene rings is 1. The molecule has 0 amide bonds. The summed E-state index contributed by atoms with van der Waals surface area (Å²) in [6, 6.07) is 11.5. The molecule has 25 heavy (non-hydrogen) atoms. The lowest BCUT2D eigenvalue weighted by molar-refractivity contribution is 0.395. The minimum atomic E-state index is -3.75. The van der Waals surface area contributed by atoms with Crippen molar-refractivity contribution >= 4 is 21.4 Å². The van der Waals surface area contributed by atoms with Crippen LogP contribution in [0.2, 0.25) is 0 Å². The van der Waals surface area contributed by atoms with Crippen molar-refractivity contribution in [3.8, 4) is 0 Å². The van der Waals surface area contributed by atoms with Gasteiger partial charge in [-0.2, -0.15) is 4.31 Å². The van der Waals surface area contributed by atoms with Gasteiger partial charge in [-0.15, -0.1) is 11.3 Å². The lowest BCUT2D eigenvalue weighted by Crippen LogP contribution is -2.30. The fraction of sp³-hybridized carbons (Fsp3) is 0.222. The van der Waals surface area contributed by atoms with E-state index >= 15 is 0 Å². The van der Waals surface area contributed by atoms with Crippen molar-refractivity contribution in [3.63, 3.8) is 0 Å². The molecule has 3 aromatic rings. The second-order valence-corrected chi connectivity index (χ2v) is 8.84. The molecule has 132 valence electrons. The van der Waals surface area contributed by atoms with Crippen LogP contribution in [0.1, 0.15) is 16.1 Å². The quantitative estimate of drug-likeness (QED) is 0.652. The zero-order chi connectivity index (χ0) is 18.0. The Balaban J connectivity index is 1.99. The van der Waals surface area contributed by atoms with E-state index in [-0.39, 0.29) is 18.0 Å². The van der Waals surface area contributed by atoms with Gasteiger partial charge in [0.05, 0.1) is 11.4 Å². The van der Waals surface area contributed by atoms with Crippen molar-refractivity contribution < 1.29 is 12.8 Å². The Kier molecular flexibility index (Phi) is 5.08. The van der Waals surface area contributed by atoms with E-state index in [0.29, 0.717) is 5.56 Å². The fourth-order valence-corrected chi connectivity index (χ4v) is 4.85. The molecule has 0 aliphatic carbocycles. The average molecular weight is 378 g/mol. The van der Waals surface area contributed by atoms with Crippen LogP contribution in [0.25, 0.3) is 0 Å². The molecule has 0 unspecified atom stereocenters. The molecule has 0 bridgehead atoms. The maximum absolute atomic E-state index is 13.5. The summed E-state index contributed by atoms with van der Waals surface area (Å²) in [6.07, 6.45) is 1.88. The highest BCUT2D eigenvalue weighted by Gasteiger charge is 2.26. The molecular formula is C18H19FN2O2S2. The van der Waals surface area contributed by atoms with Gasteiger partial charge in [0.2, 0.25) is 10.0 Å². The average Bonchev–Trinajstić information content (AvgIpc) is 3.21. The molecule has 0 atom stereocenters. The number of nitrogens with zero attached hydrogens (tertiary/aromatic N) is 2. The first-order valence-corrected chi connectivity index (χ1v) is 10.1. The van der Waals surface area contributed by atoms with E-state index < -0.39 is 15.8 Å². The van der Waals surface area contributed by atoms with Gasteiger partial charge in [0.15, 0.2) is 0 Å². The fourth-order valence-electron chi connectivity index (χ4n) is 2.57. The number of benzene rings is 1. The molecule has 4 nitrogen and oxygen atoms in total. The van der Waals surface area contributed by atoms with Crippen molar-refractivity contribution in [2.24, 2.45) is 7.05 Å². The summed E-state index contributed by atoms with van der Waals surface area (Å²) in [5, 5.41) is 1.92. The summed E-state index contributed by atoms with van der Waals surface area (Å²) in [6.45, 7) is 2.09. The van der Waals surface area contributed by atoms with Gasteiger partial charge < -0.3 is 4.57 Å². The van der Waals surface area contributed by atoms with Gasteiger partial charge in [0.1, 0.15) is 5.82 Å². The van der Waals surface area contributed by atoms with Crippen LogP contribution >= 0.6 is 11.3 Å². The summed E-state index contributed by atoms with van der Waals surface area (Å²) in [7, 11) is -1.87. The molecule has 0 saturated heterocycles. The first-order valence-electron chi connectivity index (χ1n) is 7.77. The van der Waals surface area contributed by atoms with Crippen molar-refractivity contribution in [1.82, 2.24) is 8.87 Å². The van der Waals surface area contributed by atoms with Crippen molar-refractivity contribution in [2.45, 2.75) is 24.9 Å². The van der Waals surface area contributed by atoms with Gasteiger partial charge in [-0.05, 0) is 54.3 Å². The Hall–Kier alpha value is -1.96. The molecule has 0 saturated carbocycles. The molecule has 0 aliphatic heterocycles. The predicted molar refractivity (Wildman–Crippen MR) is 97.3 cm³/mol. The summed E-state index contributed by atoms with van der Waals surface area (Å²) in [4.78, 5) is 1.06. The molecule has 0 spiro atoms. The molecule has 0 N–H and O–H groups in total. The normalized spacial score (nSPS) is 12.0. The first-order chi connectivity index (χ1) is 11.9. The molecule has 3 rings (SSSR count). The number of aromatic nitrogens is 1. The number of aryl methyl sites for hydroxylation is 2. The number of hydrogen-bond donors (Lipinski definition) is 0. The third kappa shape index (κ3) is 3.84. The van der Waals surface area contributed by atoms with E-state index in [1.807, 2.05) is 47.5 Å². The molecule has 0 radical (unpaired) electrons. The highest BCUT2D eigenvalue weighted by atomic mass is 32.2. The topological polar surface area (TPSA) is 42.3 Å². The molecule has 2 heterocycles. The summed E-state index contributed by atoms with van der Waals surface area (Å²) in [5.74, 6) is -0.411. The van der Waals surface area contributed by atoms with Crippen LogP contribution in [0.15, 0.2) is 58.9 Å². The molecule has 7 heteroatoms. The summed E-state index contributed by atoms with van der Waals surface area (Å²) < 4.78 is 43.2. The Morgan fingerprint density at radius 1 is 1.16 bits per heavy atom. The van der Waals surface area contributed by atoms with E-state index in [0.717, 1.165) is 10.6 Å². The van der Waals surface area contributed by atoms with E-state index in [9.17, 15) is 12.8 Å². The molecular weight excluding hydrogens is 359 g/mol. The highest BCUT2D eigenvalue weighted by Crippen LogP contribution is 2.24. The van der Waals surface area contributed by atoms with E-state index in [4.69, 9.17) is 0 Å². The van der Waals surface area contributed by atoms with Crippen molar-refractivity contribution in [2.75, 3.05) is 0 Å². The zero-order valence-electron chi connectivity index (χ0n) is 14.0. The number of hydrogen-bond acceptors (Lipinski definition) is 3. The molecule has 0 fully saturated rings. The SMILES string of the molecule is Cc1cc(S(=O)(=O)N(Cc2cccs2)Cc2cccn2C)ccc1F. The molecule has 1 aromatic carbocycles. The smallest absolute Gasteiger partial charge is 0.243 e. The van der Waals surface area contributed by atoms with Crippen LogP contribution in [0.5, 0.6) is 0 Å². The summed E-state index contributed by atoms with van der Waals surface area (Å²) in [5.41, 5.74) is 1.20. The third-order valence-corrected chi connectivity index (χ3v) is 6.72. The monoisotopic (exact) mass is 378 g/mol. The van der Waals surface area contributed by atoms with Gasteiger partial charge in [-0.25, -0.2) is 12.8 Å². The number of sulfonamides is 1. The predicted octanol–water partition coefficient (Wildman–Crippen LogP) is 3.93. The molecule has 0 aliphatic rings. The van der Waals surface area contributed by atoms with Crippen molar-refractivity contribution in [3.05, 3.63) is 76.0 Å². The van der Waals surface area contributed by atoms with Crippen LogP contribution in [-0.4, -0.2) is 17.3 Å².